The molecule has 0 atom stereocenters. The highest BCUT2D eigenvalue weighted by atomic mass is 16.5. The number of anilines is 1. The van der Waals surface area contributed by atoms with Gasteiger partial charge >= 0.3 is 11.9 Å². The minimum Gasteiger partial charge on any atom is -0.478 e. The molecule has 1 heterocycles. The van der Waals surface area contributed by atoms with Crippen LogP contribution in [-0.2, 0) is 4.74 Å². The molecule has 144 valence electrons. The summed E-state index contributed by atoms with van der Waals surface area (Å²) in [5, 5.41) is 10.1. The molecule has 0 saturated carbocycles. The maximum Gasteiger partial charge on any atom is 0.338 e. The van der Waals surface area contributed by atoms with Gasteiger partial charge in [-0.15, -0.1) is 0 Å². The molecule has 7 nitrogen and oxygen atoms in total. The van der Waals surface area contributed by atoms with Gasteiger partial charge in [-0.3, -0.25) is 9.59 Å². The second-order valence-corrected chi connectivity index (χ2v) is 6.41. The summed E-state index contributed by atoms with van der Waals surface area (Å²) in [6.07, 6.45) is 0. The first-order chi connectivity index (χ1) is 13.9. The van der Waals surface area contributed by atoms with Gasteiger partial charge in [-0.25, -0.2) is 14.5 Å². The zero-order valence-corrected chi connectivity index (χ0v) is 15.3. The smallest absolute Gasteiger partial charge is 0.338 e. The van der Waals surface area contributed by atoms with Gasteiger partial charge in [0.15, 0.2) is 0 Å². The summed E-state index contributed by atoms with van der Waals surface area (Å²) in [5.74, 6) is -2.87. The lowest BCUT2D eigenvalue weighted by atomic mass is 9.91. The Kier molecular flexibility index (Phi) is 4.35. The van der Waals surface area contributed by atoms with E-state index in [9.17, 15) is 24.3 Å². The number of rotatable bonds is 4. The minimum atomic E-state index is -1.14. The Morgan fingerprint density at radius 2 is 1.66 bits per heavy atom. The largest absolute Gasteiger partial charge is 0.478 e. The van der Waals surface area contributed by atoms with Gasteiger partial charge in [0.05, 0.1) is 23.4 Å². The second-order valence-electron chi connectivity index (χ2n) is 6.41. The average molecular weight is 389 g/mol. The Morgan fingerprint density at radius 3 is 2.34 bits per heavy atom. The number of carboxylic acids is 1. The Bertz CT molecular complexity index is 1190. The van der Waals surface area contributed by atoms with Crippen molar-refractivity contribution in [2.24, 2.45) is 0 Å². The molecule has 3 aromatic rings. The number of carbonyl (C=O) groups excluding carboxylic acids is 3. The van der Waals surface area contributed by atoms with E-state index in [1.807, 2.05) is 0 Å². The van der Waals surface area contributed by atoms with E-state index in [2.05, 4.69) is 0 Å². The van der Waals surface area contributed by atoms with Crippen LogP contribution in [-0.4, -0.2) is 35.5 Å². The van der Waals surface area contributed by atoms with Crippen molar-refractivity contribution in [2.75, 3.05) is 11.5 Å². The van der Waals surface area contributed by atoms with Gasteiger partial charge in [0.1, 0.15) is 0 Å². The molecule has 0 radical (unpaired) electrons. The predicted molar refractivity (Wildman–Crippen MR) is 104 cm³/mol. The fourth-order valence-electron chi connectivity index (χ4n) is 3.50. The molecule has 3 aromatic carbocycles. The molecule has 29 heavy (non-hydrogen) atoms. The van der Waals surface area contributed by atoms with Crippen LogP contribution in [0.2, 0.25) is 0 Å². The van der Waals surface area contributed by atoms with Gasteiger partial charge in [-0.05, 0) is 48.7 Å². The summed E-state index contributed by atoms with van der Waals surface area (Å²) >= 11 is 0. The second kappa shape index (κ2) is 6.87. The number of hydrogen-bond donors (Lipinski definition) is 1. The fraction of sp³-hybridized carbons (Fsp3) is 0.0909. The van der Waals surface area contributed by atoms with Gasteiger partial charge < -0.3 is 9.84 Å². The van der Waals surface area contributed by atoms with Crippen molar-refractivity contribution in [2.45, 2.75) is 6.92 Å². The van der Waals surface area contributed by atoms with Crippen molar-refractivity contribution in [3.05, 3.63) is 76.9 Å². The van der Waals surface area contributed by atoms with Gasteiger partial charge in [0, 0.05) is 16.5 Å². The monoisotopic (exact) mass is 389 g/mol. The van der Waals surface area contributed by atoms with Crippen LogP contribution in [0.1, 0.15) is 48.4 Å². The van der Waals surface area contributed by atoms with E-state index in [0.717, 1.165) is 4.90 Å². The van der Waals surface area contributed by atoms with Gasteiger partial charge in [-0.1, -0.05) is 18.2 Å². The normalized spacial score (nSPS) is 12.9. The minimum absolute atomic E-state index is 0.0176. The lowest BCUT2D eigenvalue weighted by molar-refractivity contribution is 0.0525. The zero-order chi connectivity index (χ0) is 20.7. The number of nitrogens with zero attached hydrogens (tertiary/aromatic N) is 1. The van der Waals surface area contributed by atoms with Crippen LogP contribution in [0.25, 0.3) is 10.8 Å². The summed E-state index contributed by atoms with van der Waals surface area (Å²) < 4.78 is 4.98. The van der Waals surface area contributed by atoms with Crippen LogP contribution in [0.3, 0.4) is 0 Å². The molecule has 1 aliphatic heterocycles. The van der Waals surface area contributed by atoms with Crippen LogP contribution in [0, 0.1) is 0 Å². The summed E-state index contributed by atoms with van der Waals surface area (Å²) in [4.78, 5) is 50.8. The highest BCUT2D eigenvalue weighted by Gasteiger charge is 2.35. The van der Waals surface area contributed by atoms with E-state index in [-0.39, 0.29) is 34.5 Å². The topological polar surface area (TPSA) is 101 Å². The predicted octanol–water partition coefficient (Wildman–Crippen LogP) is 3.52. The highest BCUT2D eigenvalue weighted by molar-refractivity contribution is 6.36. The molecular formula is C22H15NO6. The molecule has 7 heteroatoms. The third kappa shape index (κ3) is 2.84. The van der Waals surface area contributed by atoms with E-state index >= 15 is 0 Å². The van der Waals surface area contributed by atoms with Crippen molar-refractivity contribution in [3.63, 3.8) is 0 Å². The van der Waals surface area contributed by atoms with Crippen molar-refractivity contribution in [1.29, 1.82) is 0 Å². The van der Waals surface area contributed by atoms with E-state index in [1.165, 1.54) is 24.3 Å². The Labute approximate surface area is 165 Å². The molecule has 2 amide bonds. The number of aromatic carboxylic acids is 1. The lowest BCUT2D eigenvalue weighted by Gasteiger charge is -2.27. The molecule has 1 N–H and O–H groups in total. The molecule has 0 fully saturated rings. The summed E-state index contributed by atoms with van der Waals surface area (Å²) in [5.41, 5.74) is 0.915. The van der Waals surface area contributed by atoms with Crippen LogP contribution < -0.4 is 4.90 Å². The number of imide groups is 1. The van der Waals surface area contributed by atoms with Crippen LogP contribution in [0.5, 0.6) is 0 Å². The first kappa shape index (κ1) is 18.4. The molecule has 0 spiro atoms. The lowest BCUT2D eigenvalue weighted by Crippen LogP contribution is -2.40. The Hall–Kier alpha value is -4.00. The number of amides is 2. The molecule has 0 aliphatic carbocycles. The first-order valence-electron chi connectivity index (χ1n) is 8.89. The van der Waals surface area contributed by atoms with Crippen LogP contribution in [0.15, 0.2) is 54.6 Å². The molecule has 0 aromatic heterocycles. The number of hydrogen-bond acceptors (Lipinski definition) is 5. The van der Waals surface area contributed by atoms with E-state index in [1.54, 1.807) is 37.3 Å². The van der Waals surface area contributed by atoms with Crippen molar-refractivity contribution in [3.8, 4) is 0 Å². The number of benzene rings is 3. The number of carboxylic acid groups (broad SMARTS) is 1. The van der Waals surface area contributed by atoms with Crippen molar-refractivity contribution >= 4 is 40.2 Å². The maximum atomic E-state index is 13.1. The number of esters is 1. The molecule has 0 saturated heterocycles. The SMILES string of the molecule is CCOC(=O)c1cccc(N2C(=O)c3cccc4c(C(=O)O)ccc(c34)C2=O)c1. The Balaban J connectivity index is 1.88. The first-order valence-corrected chi connectivity index (χ1v) is 8.89. The zero-order valence-electron chi connectivity index (χ0n) is 15.3. The van der Waals surface area contributed by atoms with Crippen LogP contribution >= 0.6 is 0 Å². The van der Waals surface area contributed by atoms with Crippen molar-refractivity contribution in [1.82, 2.24) is 0 Å². The molecule has 0 bridgehead atoms. The van der Waals surface area contributed by atoms with E-state index < -0.39 is 23.8 Å². The molecular weight excluding hydrogens is 374 g/mol. The summed E-state index contributed by atoms with van der Waals surface area (Å²) in [6.45, 7) is 1.88. The molecule has 1 aliphatic rings. The van der Waals surface area contributed by atoms with Gasteiger partial charge in [0.2, 0.25) is 0 Å². The fourth-order valence-corrected chi connectivity index (χ4v) is 3.50. The quantitative estimate of drug-likeness (QED) is 0.541. The Morgan fingerprint density at radius 1 is 0.966 bits per heavy atom. The third-order valence-corrected chi connectivity index (χ3v) is 4.75. The van der Waals surface area contributed by atoms with E-state index in [0.29, 0.717) is 10.8 Å². The van der Waals surface area contributed by atoms with E-state index in [4.69, 9.17) is 4.74 Å². The standard InChI is InChI=1S/C22H15NO6/c1-2-29-22(28)12-5-3-6-13(11-12)23-19(24)16-8-4-7-14-15(21(26)27)9-10-17(18(14)16)20(23)25/h3-11H,2H2,1H3,(H,26,27). The molecule has 0 unspecified atom stereocenters. The number of ether oxygens (including phenoxy) is 1. The average Bonchev–Trinajstić information content (AvgIpc) is 2.72. The highest BCUT2D eigenvalue weighted by Crippen LogP contribution is 2.34. The number of carbonyl (C=O) groups is 4. The maximum absolute atomic E-state index is 13.1. The summed E-state index contributed by atoms with van der Waals surface area (Å²) in [6, 6.07) is 13.5. The third-order valence-electron chi connectivity index (χ3n) is 4.75. The van der Waals surface area contributed by atoms with Crippen LogP contribution in [0.4, 0.5) is 5.69 Å². The summed E-state index contributed by atoms with van der Waals surface area (Å²) in [7, 11) is 0. The van der Waals surface area contributed by atoms with Crippen molar-refractivity contribution < 1.29 is 29.0 Å². The molecule has 4 rings (SSSR count). The van der Waals surface area contributed by atoms with Gasteiger partial charge in [0.25, 0.3) is 11.8 Å². The van der Waals surface area contributed by atoms with Gasteiger partial charge in [-0.2, -0.15) is 0 Å².